The van der Waals surface area contributed by atoms with Crippen molar-refractivity contribution in [1.29, 1.82) is 0 Å². The molecule has 0 saturated heterocycles. The molecule has 11 heteroatoms. The van der Waals surface area contributed by atoms with Gasteiger partial charge in [-0.3, -0.25) is 14.2 Å². The van der Waals surface area contributed by atoms with Gasteiger partial charge >= 0.3 is 0 Å². The maximum Gasteiger partial charge on any atom is 0.271 e. The number of anilines is 1. The first-order chi connectivity index (χ1) is 22.7. The lowest BCUT2D eigenvalue weighted by molar-refractivity contribution is -0.113. The lowest BCUT2D eigenvalue weighted by Crippen LogP contribution is -2.40. The smallest absolute Gasteiger partial charge is 0.271 e. The molecule has 238 valence electrons. The molecule has 0 fully saturated rings. The van der Waals surface area contributed by atoms with Crippen LogP contribution in [0.3, 0.4) is 0 Å². The van der Waals surface area contributed by atoms with Crippen LogP contribution in [0.4, 0.5) is 10.1 Å². The number of hydrogen-bond donors (Lipinski definition) is 1. The molecule has 0 bridgehead atoms. The highest BCUT2D eigenvalue weighted by molar-refractivity contribution is 14.1. The van der Waals surface area contributed by atoms with Gasteiger partial charge in [0.05, 0.1) is 35.6 Å². The van der Waals surface area contributed by atoms with Gasteiger partial charge in [-0.15, -0.1) is 0 Å². The van der Waals surface area contributed by atoms with Gasteiger partial charge in [-0.1, -0.05) is 59.9 Å². The van der Waals surface area contributed by atoms with E-state index in [-0.39, 0.29) is 23.9 Å². The van der Waals surface area contributed by atoms with Crippen molar-refractivity contribution in [2.24, 2.45) is 4.99 Å². The number of para-hydroxylation sites is 1. The molecule has 1 N–H and O–H groups in total. The standard InChI is InChI=1S/C36H28FI2N3O4S/c1-3-45-26-15-13-23(14-16-26)32-31(34(43)41-25-10-5-4-6-11-25)21(2)40-36-42(32)35(44)30(47-36)19-22-17-28(38)33(29(39)18-22)46-20-24-9-7-8-12-27(24)37/h4-19,32H,3,20H2,1-2H3,(H,41,43)/b30-19-/t32-/m1/s1. The quantitative estimate of drug-likeness (QED) is 0.159. The number of allylic oxidation sites excluding steroid dienone is 1. The highest BCUT2D eigenvalue weighted by atomic mass is 127. The maximum atomic E-state index is 14.2. The van der Waals surface area contributed by atoms with E-state index in [0.29, 0.717) is 50.0 Å². The van der Waals surface area contributed by atoms with Crippen molar-refractivity contribution in [2.75, 3.05) is 11.9 Å². The van der Waals surface area contributed by atoms with Crippen molar-refractivity contribution in [1.82, 2.24) is 4.57 Å². The molecule has 1 amide bonds. The number of nitrogens with one attached hydrogen (secondary N) is 1. The monoisotopic (exact) mass is 871 g/mol. The summed E-state index contributed by atoms with van der Waals surface area (Å²) < 4.78 is 29.5. The number of rotatable bonds is 9. The van der Waals surface area contributed by atoms with E-state index >= 15 is 0 Å². The topological polar surface area (TPSA) is 81.9 Å². The van der Waals surface area contributed by atoms with Crippen molar-refractivity contribution in [2.45, 2.75) is 26.5 Å². The normalized spacial score (nSPS) is 14.4. The molecule has 5 aromatic rings. The number of thiazole rings is 1. The van der Waals surface area contributed by atoms with E-state index < -0.39 is 6.04 Å². The molecular weight excluding hydrogens is 843 g/mol. The van der Waals surface area contributed by atoms with E-state index in [9.17, 15) is 14.0 Å². The summed E-state index contributed by atoms with van der Waals surface area (Å²) in [4.78, 5) is 33.2. The molecule has 1 aliphatic heterocycles. The summed E-state index contributed by atoms with van der Waals surface area (Å²) in [5.41, 5.74) is 3.34. The van der Waals surface area contributed by atoms with Gasteiger partial charge in [0.15, 0.2) is 4.80 Å². The third-order valence-corrected chi connectivity index (χ3v) is 10.0. The fourth-order valence-corrected chi connectivity index (χ4v) is 8.45. The number of ether oxygens (including phenoxy) is 2. The molecule has 0 radical (unpaired) electrons. The van der Waals surface area contributed by atoms with Gasteiger partial charge in [-0.2, -0.15) is 0 Å². The maximum absolute atomic E-state index is 14.2. The Balaban J connectivity index is 1.39. The number of fused-ring (bicyclic) bond motifs is 1. The van der Waals surface area contributed by atoms with Crippen LogP contribution < -0.4 is 29.7 Å². The molecular formula is C36H28FI2N3O4S. The largest absolute Gasteiger partial charge is 0.494 e. The van der Waals surface area contributed by atoms with Crippen molar-refractivity contribution >= 4 is 74.2 Å². The minimum Gasteiger partial charge on any atom is -0.494 e. The highest BCUT2D eigenvalue weighted by Crippen LogP contribution is 2.33. The molecule has 2 heterocycles. The molecule has 1 atom stereocenters. The summed E-state index contributed by atoms with van der Waals surface area (Å²) in [5, 5.41) is 2.98. The van der Waals surface area contributed by atoms with Crippen LogP contribution in [0.15, 0.2) is 112 Å². The molecule has 4 aromatic carbocycles. The Labute approximate surface area is 301 Å². The van der Waals surface area contributed by atoms with Crippen molar-refractivity contribution in [3.63, 3.8) is 0 Å². The van der Waals surface area contributed by atoms with Crippen LogP contribution in [0.5, 0.6) is 11.5 Å². The first-order valence-electron chi connectivity index (χ1n) is 14.7. The molecule has 0 saturated carbocycles. The number of carbonyl (C=O) groups is 1. The van der Waals surface area contributed by atoms with Crippen LogP contribution in [0.1, 0.15) is 36.6 Å². The average molecular weight is 872 g/mol. The zero-order valence-electron chi connectivity index (χ0n) is 25.3. The SMILES string of the molecule is CCOc1ccc([C@@H]2C(C(=O)Nc3ccccc3)=C(C)N=c3s/c(=C\c4cc(I)c(OCc5ccccc5F)c(I)c4)c(=O)n32)cc1. The van der Waals surface area contributed by atoms with Crippen LogP contribution in [-0.4, -0.2) is 17.1 Å². The Kier molecular flexibility index (Phi) is 10.2. The molecule has 0 spiro atoms. The van der Waals surface area contributed by atoms with E-state index in [2.05, 4.69) is 50.5 Å². The first-order valence-corrected chi connectivity index (χ1v) is 17.7. The van der Waals surface area contributed by atoms with Gasteiger partial charge in [0, 0.05) is 11.3 Å². The summed E-state index contributed by atoms with van der Waals surface area (Å²) in [6.45, 7) is 4.33. The Morgan fingerprint density at radius 1 is 1.00 bits per heavy atom. The Morgan fingerprint density at radius 3 is 2.36 bits per heavy atom. The van der Waals surface area contributed by atoms with Gasteiger partial charge in [-0.05, 0) is 119 Å². The Morgan fingerprint density at radius 2 is 1.68 bits per heavy atom. The first kappa shape index (κ1) is 33.1. The lowest BCUT2D eigenvalue weighted by Gasteiger charge is -2.25. The summed E-state index contributed by atoms with van der Waals surface area (Å²) in [7, 11) is 0. The van der Waals surface area contributed by atoms with Crippen LogP contribution in [0.25, 0.3) is 6.08 Å². The van der Waals surface area contributed by atoms with Crippen LogP contribution >= 0.6 is 56.5 Å². The number of amides is 1. The van der Waals surface area contributed by atoms with Gasteiger partial charge in [0.1, 0.15) is 23.9 Å². The lowest BCUT2D eigenvalue weighted by atomic mass is 9.95. The van der Waals surface area contributed by atoms with E-state index in [1.54, 1.807) is 29.7 Å². The predicted octanol–water partition coefficient (Wildman–Crippen LogP) is 7.20. The Bertz CT molecular complexity index is 2160. The summed E-state index contributed by atoms with van der Waals surface area (Å²) in [6, 6.07) is 26.3. The number of carbonyl (C=O) groups excluding carboxylic acids is 1. The summed E-state index contributed by atoms with van der Waals surface area (Å²) in [6.07, 6.45) is 1.83. The van der Waals surface area contributed by atoms with E-state index in [4.69, 9.17) is 14.5 Å². The van der Waals surface area contributed by atoms with Crippen LogP contribution in [0, 0.1) is 13.0 Å². The third kappa shape index (κ3) is 7.21. The van der Waals surface area contributed by atoms with E-state index in [1.807, 2.05) is 79.7 Å². The zero-order chi connectivity index (χ0) is 33.1. The van der Waals surface area contributed by atoms with Gasteiger partial charge in [0.25, 0.3) is 11.5 Å². The molecule has 7 nitrogen and oxygen atoms in total. The second-order valence-corrected chi connectivity index (χ2v) is 13.9. The molecule has 1 aromatic heterocycles. The van der Waals surface area contributed by atoms with E-state index in [1.165, 1.54) is 17.4 Å². The number of benzene rings is 4. The van der Waals surface area contributed by atoms with Gasteiger partial charge < -0.3 is 14.8 Å². The number of hydrogen-bond acceptors (Lipinski definition) is 6. The minimum atomic E-state index is -0.706. The summed E-state index contributed by atoms with van der Waals surface area (Å²) >= 11 is 5.65. The number of aromatic nitrogens is 1. The van der Waals surface area contributed by atoms with Crippen LogP contribution in [-0.2, 0) is 11.4 Å². The molecule has 6 rings (SSSR count). The highest BCUT2D eigenvalue weighted by Gasteiger charge is 2.32. The van der Waals surface area contributed by atoms with E-state index in [0.717, 1.165) is 18.3 Å². The van der Waals surface area contributed by atoms with Crippen molar-refractivity contribution in [3.8, 4) is 11.5 Å². The predicted molar refractivity (Wildman–Crippen MR) is 199 cm³/mol. The number of nitrogens with zero attached hydrogens (tertiary/aromatic N) is 2. The molecule has 1 aliphatic rings. The van der Waals surface area contributed by atoms with Crippen molar-refractivity contribution in [3.05, 3.63) is 152 Å². The second kappa shape index (κ2) is 14.5. The fourth-order valence-electron chi connectivity index (χ4n) is 5.28. The van der Waals surface area contributed by atoms with Gasteiger partial charge in [0.2, 0.25) is 0 Å². The fraction of sp³-hybridized carbons (Fsp3) is 0.139. The van der Waals surface area contributed by atoms with Crippen molar-refractivity contribution < 1.29 is 18.7 Å². The molecule has 0 aliphatic carbocycles. The van der Waals surface area contributed by atoms with Gasteiger partial charge in [-0.25, -0.2) is 9.38 Å². The third-order valence-electron chi connectivity index (χ3n) is 7.45. The van der Waals surface area contributed by atoms with Crippen LogP contribution in [0.2, 0.25) is 0 Å². The zero-order valence-corrected chi connectivity index (χ0v) is 30.4. The average Bonchev–Trinajstić information content (AvgIpc) is 3.35. The second-order valence-electron chi connectivity index (χ2n) is 10.6. The number of halogens is 3. The summed E-state index contributed by atoms with van der Waals surface area (Å²) in [5.74, 6) is 0.697. The molecule has 0 unspecified atom stereocenters. The minimum absolute atomic E-state index is 0.0989. The Hall–Kier alpha value is -3.82. The molecule has 47 heavy (non-hydrogen) atoms.